The first kappa shape index (κ1) is 21.4. The summed E-state index contributed by atoms with van der Waals surface area (Å²) in [6.45, 7) is 4.52. The van der Waals surface area contributed by atoms with Gasteiger partial charge in [0.2, 0.25) is 5.13 Å². The van der Waals surface area contributed by atoms with Crippen molar-refractivity contribution in [1.82, 2.24) is 30.1 Å². The fourth-order valence-electron chi connectivity index (χ4n) is 4.79. The summed E-state index contributed by atoms with van der Waals surface area (Å²) >= 11 is 1.54. The van der Waals surface area contributed by atoms with Crippen molar-refractivity contribution in [2.24, 2.45) is 0 Å². The van der Waals surface area contributed by atoms with E-state index < -0.39 is 11.6 Å². The molecule has 1 atom stereocenters. The van der Waals surface area contributed by atoms with Crippen molar-refractivity contribution in [3.05, 3.63) is 53.9 Å². The van der Waals surface area contributed by atoms with Gasteiger partial charge in [0.05, 0.1) is 17.8 Å². The second-order valence-corrected chi connectivity index (χ2v) is 9.57. The Balaban J connectivity index is 1.33. The zero-order valence-corrected chi connectivity index (χ0v) is 19.3. The Morgan fingerprint density at radius 2 is 1.97 bits per heavy atom. The molecule has 0 radical (unpaired) electrons. The molecule has 1 unspecified atom stereocenters. The van der Waals surface area contributed by atoms with E-state index in [1.165, 1.54) is 23.5 Å². The number of halogens is 2. The third kappa shape index (κ3) is 3.88. The fraction of sp³-hybridized carbons (Fsp3) is 0.391. The van der Waals surface area contributed by atoms with Crippen molar-refractivity contribution < 1.29 is 8.78 Å². The number of benzene rings is 1. The minimum absolute atomic E-state index is 0.262. The van der Waals surface area contributed by atoms with E-state index in [2.05, 4.69) is 25.5 Å². The number of nitrogens with one attached hydrogen (secondary N) is 1. The quantitative estimate of drug-likeness (QED) is 0.476. The largest absolute Gasteiger partial charge is 0.349 e. The van der Waals surface area contributed by atoms with Gasteiger partial charge < -0.3 is 15.1 Å². The maximum atomic E-state index is 14.5. The van der Waals surface area contributed by atoms with Gasteiger partial charge >= 0.3 is 0 Å². The number of aromatic nitrogens is 5. The standard InChI is InChI=1S/C23H24F2N8S/c24-15-4-5-18(25)16(13-15)19-3-1-10-32(19)20-6-11-33-21(28-20)17(14-27-33)22-29-30-23(34-22)31-9-2-7-26-8-12-31/h4-6,11,13-14,19,26H,1-3,7-10,12H2. The molecular formula is C23H24F2N8S. The molecule has 4 aromatic rings. The zero-order chi connectivity index (χ0) is 23.1. The summed E-state index contributed by atoms with van der Waals surface area (Å²) in [5, 5.41) is 18.4. The molecular weight excluding hydrogens is 458 g/mol. The summed E-state index contributed by atoms with van der Waals surface area (Å²) in [6, 6.07) is 5.25. The lowest BCUT2D eigenvalue weighted by Crippen LogP contribution is -2.27. The highest BCUT2D eigenvalue weighted by molar-refractivity contribution is 7.18. The summed E-state index contributed by atoms with van der Waals surface area (Å²) in [4.78, 5) is 9.19. The van der Waals surface area contributed by atoms with Crippen molar-refractivity contribution in [1.29, 1.82) is 0 Å². The zero-order valence-electron chi connectivity index (χ0n) is 18.5. The van der Waals surface area contributed by atoms with Gasteiger partial charge in [-0.2, -0.15) is 5.10 Å². The van der Waals surface area contributed by atoms with Crippen LogP contribution in [0.15, 0.2) is 36.7 Å². The van der Waals surface area contributed by atoms with Crippen molar-refractivity contribution in [3.8, 4) is 10.6 Å². The van der Waals surface area contributed by atoms with E-state index >= 15 is 0 Å². The average molecular weight is 483 g/mol. The third-order valence-corrected chi connectivity index (χ3v) is 7.49. The predicted octanol–water partition coefficient (Wildman–Crippen LogP) is 3.67. The lowest BCUT2D eigenvalue weighted by atomic mass is 10.0. The van der Waals surface area contributed by atoms with Crippen LogP contribution in [0, 0.1) is 11.6 Å². The van der Waals surface area contributed by atoms with Crippen LogP contribution in [0.1, 0.15) is 30.9 Å². The van der Waals surface area contributed by atoms with E-state index in [0.29, 0.717) is 17.0 Å². The Kier molecular flexibility index (Phi) is 5.58. The van der Waals surface area contributed by atoms with Gasteiger partial charge in [0.1, 0.15) is 17.5 Å². The van der Waals surface area contributed by atoms with Gasteiger partial charge in [0.15, 0.2) is 10.7 Å². The highest BCUT2D eigenvalue weighted by atomic mass is 32.1. The molecule has 6 rings (SSSR count). The molecule has 11 heteroatoms. The maximum Gasteiger partial charge on any atom is 0.208 e. The molecule has 0 amide bonds. The van der Waals surface area contributed by atoms with Crippen molar-refractivity contribution in [3.63, 3.8) is 0 Å². The molecule has 0 bridgehead atoms. The SMILES string of the molecule is Fc1ccc(F)c(C2CCCN2c2ccn3ncc(-c4nnc(N5CCCNCC5)s4)c3n2)c1. The van der Waals surface area contributed by atoms with Crippen LogP contribution in [0.25, 0.3) is 16.2 Å². The summed E-state index contributed by atoms with van der Waals surface area (Å²) in [5.74, 6) is -0.115. The van der Waals surface area contributed by atoms with Gasteiger partial charge in [-0.1, -0.05) is 11.3 Å². The smallest absolute Gasteiger partial charge is 0.208 e. The molecule has 34 heavy (non-hydrogen) atoms. The van der Waals surface area contributed by atoms with Crippen LogP contribution in [0.2, 0.25) is 0 Å². The molecule has 2 saturated heterocycles. The summed E-state index contributed by atoms with van der Waals surface area (Å²) in [6.07, 6.45) is 6.29. The molecule has 2 fully saturated rings. The van der Waals surface area contributed by atoms with Crippen LogP contribution in [0.4, 0.5) is 19.7 Å². The Bertz CT molecular complexity index is 1310. The average Bonchev–Trinajstić information content (AvgIpc) is 3.56. The molecule has 8 nitrogen and oxygen atoms in total. The molecule has 2 aliphatic rings. The Hall–Kier alpha value is -3.18. The fourth-order valence-corrected chi connectivity index (χ4v) is 5.70. The molecule has 176 valence electrons. The number of nitrogens with zero attached hydrogens (tertiary/aromatic N) is 7. The second kappa shape index (κ2) is 8.88. The lowest BCUT2D eigenvalue weighted by Gasteiger charge is -2.26. The third-order valence-electron chi connectivity index (χ3n) is 6.47. The highest BCUT2D eigenvalue weighted by Gasteiger charge is 2.30. The first-order valence-electron chi connectivity index (χ1n) is 11.5. The van der Waals surface area contributed by atoms with E-state index in [1.54, 1.807) is 10.7 Å². The Morgan fingerprint density at radius 3 is 2.91 bits per heavy atom. The van der Waals surface area contributed by atoms with Gasteiger partial charge in [-0.15, -0.1) is 10.2 Å². The van der Waals surface area contributed by atoms with Gasteiger partial charge in [-0.05, 0) is 50.1 Å². The molecule has 0 saturated carbocycles. The van der Waals surface area contributed by atoms with Crippen LogP contribution in [-0.2, 0) is 0 Å². The van der Waals surface area contributed by atoms with Gasteiger partial charge in [-0.25, -0.2) is 18.3 Å². The van der Waals surface area contributed by atoms with Crippen LogP contribution >= 0.6 is 11.3 Å². The van der Waals surface area contributed by atoms with Crippen LogP contribution in [0.5, 0.6) is 0 Å². The van der Waals surface area contributed by atoms with Crippen molar-refractivity contribution in [2.75, 3.05) is 42.5 Å². The first-order valence-corrected chi connectivity index (χ1v) is 12.3. The molecule has 1 aromatic carbocycles. The molecule has 5 heterocycles. The number of fused-ring (bicyclic) bond motifs is 1. The molecule has 3 aromatic heterocycles. The molecule has 2 aliphatic heterocycles. The van der Waals surface area contributed by atoms with E-state index in [4.69, 9.17) is 4.98 Å². The van der Waals surface area contributed by atoms with E-state index in [9.17, 15) is 8.78 Å². The minimum atomic E-state index is -0.433. The van der Waals surface area contributed by atoms with Gasteiger partial charge in [0.25, 0.3) is 0 Å². The van der Waals surface area contributed by atoms with E-state index in [1.807, 2.05) is 17.2 Å². The summed E-state index contributed by atoms with van der Waals surface area (Å²) < 4.78 is 30.1. The summed E-state index contributed by atoms with van der Waals surface area (Å²) in [7, 11) is 0. The number of hydrogen-bond acceptors (Lipinski definition) is 8. The van der Waals surface area contributed by atoms with Gasteiger partial charge in [0, 0.05) is 37.9 Å². The predicted molar refractivity (Wildman–Crippen MR) is 127 cm³/mol. The monoisotopic (exact) mass is 482 g/mol. The van der Waals surface area contributed by atoms with E-state index in [0.717, 1.165) is 73.8 Å². The number of hydrogen-bond donors (Lipinski definition) is 1. The normalized spacial score (nSPS) is 19.2. The van der Waals surface area contributed by atoms with Crippen LogP contribution in [0.3, 0.4) is 0 Å². The highest BCUT2D eigenvalue weighted by Crippen LogP contribution is 2.38. The Labute approximate surface area is 199 Å². The van der Waals surface area contributed by atoms with Crippen LogP contribution in [-0.4, -0.2) is 57.5 Å². The molecule has 0 aliphatic carbocycles. The summed E-state index contributed by atoms with van der Waals surface area (Å²) in [5.41, 5.74) is 1.85. The second-order valence-electron chi connectivity index (χ2n) is 8.61. The maximum absolute atomic E-state index is 14.5. The minimum Gasteiger partial charge on any atom is -0.349 e. The van der Waals surface area contributed by atoms with Crippen LogP contribution < -0.4 is 15.1 Å². The van der Waals surface area contributed by atoms with E-state index in [-0.39, 0.29) is 6.04 Å². The first-order chi connectivity index (χ1) is 16.7. The topological polar surface area (TPSA) is 74.5 Å². The molecule has 0 spiro atoms. The van der Waals surface area contributed by atoms with Crippen molar-refractivity contribution >= 4 is 27.9 Å². The van der Waals surface area contributed by atoms with Crippen molar-refractivity contribution in [2.45, 2.75) is 25.3 Å². The molecule has 1 N–H and O–H groups in total. The lowest BCUT2D eigenvalue weighted by molar-refractivity contribution is 0.560. The van der Waals surface area contributed by atoms with Gasteiger partial charge in [-0.3, -0.25) is 0 Å². The Morgan fingerprint density at radius 1 is 1.03 bits per heavy atom. The number of rotatable bonds is 4. The number of anilines is 2.